The fraction of sp³-hybridized carbons (Fsp3) is 0.276. The number of carbonyl (C=O) groups is 3. The molecule has 0 aromatic heterocycles. The average molecular weight is 518 g/mol. The molecule has 9 heteroatoms. The lowest BCUT2D eigenvalue weighted by Gasteiger charge is -2.38. The summed E-state index contributed by atoms with van der Waals surface area (Å²) in [5.74, 6) is 0.266. The van der Waals surface area contributed by atoms with Crippen LogP contribution in [0.25, 0.3) is 0 Å². The van der Waals surface area contributed by atoms with Crippen molar-refractivity contribution in [1.82, 2.24) is 10.4 Å². The molecule has 0 bridgehead atoms. The smallest absolute Gasteiger partial charge is 0.430 e. The second-order valence-electron chi connectivity index (χ2n) is 8.65. The first kappa shape index (κ1) is 26.5. The van der Waals surface area contributed by atoms with E-state index in [-0.39, 0.29) is 32.1 Å². The number of methoxy groups -OCH3 is 1. The molecule has 0 aliphatic carbocycles. The number of nitrogens with one attached hydrogen (secondary N) is 1. The van der Waals surface area contributed by atoms with E-state index in [1.54, 1.807) is 50.1 Å². The third-order valence-electron chi connectivity index (χ3n) is 6.35. The van der Waals surface area contributed by atoms with Gasteiger partial charge in [0.25, 0.3) is 5.91 Å². The predicted octanol–water partition coefficient (Wildman–Crippen LogP) is 4.80. The molecule has 198 valence electrons. The zero-order chi connectivity index (χ0) is 27.1. The molecule has 0 fully saturated rings. The summed E-state index contributed by atoms with van der Waals surface area (Å²) in [4.78, 5) is 42.3. The summed E-state index contributed by atoms with van der Waals surface area (Å²) in [6.45, 7) is 3.71. The Balaban J connectivity index is 1.89. The summed E-state index contributed by atoms with van der Waals surface area (Å²) in [6.07, 6.45) is -1.69. The van der Waals surface area contributed by atoms with E-state index in [0.29, 0.717) is 17.0 Å². The molecule has 3 aromatic rings. The molecule has 1 heterocycles. The van der Waals surface area contributed by atoms with Crippen molar-refractivity contribution >= 4 is 23.8 Å². The van der Waals surface area contributed by atoms with E-state index in [2.05, 4.69) is 5.43 Å². The summed E-state index contributed by atoms with van der Waals surface area (Å²) in [5, 5.41) is 0.977. The van der Waals surface area contributed by atoms with Crippen LogP contribution in [0.15, 0.2) is 78.9 Å². The number of nitrogens with zero attached hydrogens (tertiary/aromatic N) is 2. The summed E-state index contributed by atoms with van der Waals surface area (Å²) < 4.78 is 15.7. The van der Waals surface area contributed by atoms with Crippen molar-refractivity contribution in [1.29, 1.82) is 0 Å². The molecule has 3 aromatic carbocycles. The number of benzene rings is 3. The molecular formula is C29H31N3O6. The minimum Gasteiger partial charge on any atom is -0.497 e. The third-order valence-corrected chi connectivity index (χ3v) is 6.35. The van der Waals surface area contributed by atoms with Crippen molar-refractivity contribution < 1.29 is 28.6 Å². The molecule has 1 atom stereocenters. The van der Waals surface area contributed by atoms with Crippen LogP contribution in [-0.4, -0.2) is 43.4 Å². The Morgan fingerprint density at radius 3 is 2.18 bits per heavy atom. The van der Waals surface area contributed by atoms with Gasteiger partial charge >= 0.3 is 12.2 Å². The van der Waals surface area contributed by atoms with E-state index < -0.39 is 17.7 Å². The third kappa shape index (κ3) is 5.13. The van der Waals surface area contributed by atoms with Crippen LogP contribution in [0.1, 0.15) is 30.5 Å². The lowest BCUT2D eigenvalue weighted by Crippen LogP contribution is -2.63. The fourth-order valence-corrected chi connectivity index (χ4v) is 4.67. The molecule has 1 aliphatic heterocycles. The maximum Gasteiger partial charge on any atom is 0.430 e. The quantitative estimate of drug-likeness (QED) is 0.431. The zero-order valence-corrected chi connectivity index (χ0v) is 21.7. The summed E-state index contributed by atoms with van der Waals surface area (Å²) in [5.41, 5.74) is 3.71. The highest BCUT2D eigenvalue weighted by molar-refractivity contribution is 6.09. The fourth-order valence-electron chi connectivity index (χ4n) is 4.67. The Bertz CT molecular complexity index is 1280. The van der Waals surface area contributed by atoms with Crippen LogP contribution in [0, 0.1) is 0 Å². The van der Waals surface area contributed by atoms with Crippen molar-refractivity contribution in [3.63, 3.8) is 0 Å². The second-order valence-corrected chi connectivity index (χ2v) is 8.65. The van der Waals surface area contributed by atoms with Crippen LogP contribution in [0.5, 0.6) is 5.75 Å². The largest absolute Gasteiger partial charge is 0.497 e. The van der Waals surface area contributed by atoms with E-state index in [4.69, 9.17) is 14.2 Å². The van der Waals surface area contributed by atoms with Gasteiger partial charge in [-0.05, 0) is 43.2 Å². The van der Waals surface area contributed by atoms with Crippen LogP contribution < -0.4 is 15.1 Å². The van der Waals surface area contributed by atoms with Gasteiger partial charge in [-0.1, -0.05) is 60.7 Å². The molecular weight excluding hydrogens is 486 g/mol. The van der Waals surface area contributed by atoms with Crippen molar-refractivity contribution in [3.05, 3.63) is 95.6 Å². The van der Waals surface area contributed by atoms with Crippen LogP contribution in [0.3, 0.4) is 0 Å². The molecule has 0 radical (unpaired) electrons. The highest BCUT2D eigenvalue weighted by Gasteiger charge is 2.58. The summed E-state index contributed by atoms with van der Waals surface area (Å²) in [6, 6.07) is 24.0. The Labute approximate surface area is 221 Å². The number of rotatable bonds is 8. The van der Waals surface area contributed by atoms with Gasteiger partial charge in [-0.25, -0.2) is 15.0 Å². The minimum absolute atomic E-state index is 0.0437. The van der Waals surface area contributed by atoms with E-state index >= 15 is 0 Å². The molecule has 4 rings (SSSR count). The number of hydrazine groups is 1. The second kappa shape index (κ2) is 11.7. The normalized spacial score (nSPS) is 16.0. The molecule has 1 aliphatic rings. The Kier molecular flexibility index (Phi) is 8.15. The molecule has 3 amide bonds. The van der Waals surface area contributed by atoms with Gasteiger partial charge in [-0.2, -0.15) is 5.01 Å². The van der Waals surface area contributed by atoms with Crippen LogP contribution in [0.4, 0.5) is 15.3 Å². The van der Waals surface area contributed by atoms with Gasteiger partial charge in [-0.3, -0.25) is 4.79 Å². The minimum atomic E-state index is -1.65. The standard InChI is InChI=1S/C29H31N3O6/c1-4-37-27(34)30-32(28(35)38-5-2)29(19-21-15-17-23(36-3)18-16-21)24-13-9-10-14-25(24)31(26(29)33)20-22-11-7-6-8-12-22/h6-18H,4-5,19-20H2,1-3H3,(H,30,34)/t29-/m0/s1. The van der Waals surface area contributed by atoms with E-state index in [1.807, 2.05) is 54.6 Å². The van der Waals surface area contributed by atoms with Crippen molar-refractivity contribution in [2.75, 3.05) is 25.2 Å². The highest BCUT2D eigenvalue weighted by atomic mass is 16.6. The molecule has 9 nitrogen and oxygen atoms in total. The number of carbonyl (C=O) groups excluding carboxylic acids is 3. The van der Waals surface area contributed by atoms with Crippen molar-refractivity contribution in [3.8, 4) is 5.75 Å². The maximum absolute atomic E-state index is 14.6. The van der Waals surface area contributed by atoms with E-state index in [1.165, 1.54) is 0 Å². The van der Waals surface area contributed by atoms with Gasteiger partial charge in [-0.15, -0.1) is 0 Å². The number of hydrogen-bond donors (Lipinski definition) is 1. The maximum atomic E-state index is 14.6. The first-order valence-corrected chi connectivity index (χ1v) is 12.4. The lowest BCUT2D eigenvalue weighted by molar-refractivity contribution is -0.131. The zero-order valence-electron chi connectivity index (χ0n) is 21.7. The highest BCUT2D eigenvalue weighted by Crippen LogP contribution is 2.46. The molecule has 0 saturated heterocycles. The number of para-hydroxylation sites is 1. The van der Waals surface area contributed by atoms with Crippen molar-refractivity contribution in [2.24, 2.45) is 0 Å². The molecule has 1 N–H and O–H groups in total. The van der Waals surface area contributed by atoms with Gasteiger partial charge < -0.3 is 19.1 Å². The number of anilines is 1. The Hall–Kier alpha value is -4.53. The first-order valence-electron chi connectivity index (χ1n) is 12.4. The molecule has 0 saturated carbocycles. The molecule has 0 unspecified atom stereocenters. The monoisotopic (exact) mass is 517 g/mol. The first-order chi connectivity index (χ1) is 18.4. The van der Waals surface area contributed by atoms with E-state index in [9.17, 15) is 14.4 Å². The lowest BCUT2D eigenvalue weighted by atomic mass is 9.84. The SMILES string of the molecule is CCOC(=O)NN(C(=O)OCC)[C@]1(Cc2ccc(OC)cc2)C(=O)N(Cc2ccccc2)c2ccccc21. The van der Waals surface area contributed by atoms with Crippen molar-refractivity contribution in [2.45, 2.75) is 32.4 Å². The summed E-state index contributed by atoms with van der Waals surface area (Å²) in [7, 11) is 1.57. The van der Waals surface area contributed by atoms with Gasteiger partial charge in [0, 0.05) is 12.0 Å². The van der Waals surface area contributed by atoms with E-state index in [0.717, 1.165) is 16.1 Å². The topological polar surface area (TPSA) is 97.4 Å². The van der Waals surface area contributed by atoms with Gasteiger partial charge in [0.1, 0.15) is 5.75 Å². The van der Waals surface area contributed by atoms with Gasteiger partial charge in [0.15, 0.2) is 5.54 Å². The Morgan fingerprint density at radius 1 is 0.868 bits per heavy atom. The van der Waals surface area contributed by atoms with Crippen LogP contribution >= 0.6 is 0 Å². The van der Waals surface area contributed by atoms with Crippen LogP contribution in [0.2, 0.25) is 0 Å². The Morgan fingerprint density at radius 2 is 1.53 bits per heavy atom. The number of hydrogen-bond acceptors (Lipinski definition) is 6. The number of amides is 3. The molecule has 0 spiro atoms. The average Bonchev–Trinajstić information content (AvgIpc) is 3.16. The number of fused-ring (bicyclic) bond motifs is 1. The molecule has 38 heavy (non-hydrogen) atoms. The summed E-state index contributed by atoms with van der Waals surface area (Å²) >= 11 is 0. The van der Waals surface area contributed by atoms with Crippen LogP contribution in [-0.2, 0) is 32.8 Å². The van der Waals surface area contributed by atoms with Gasteiger partial charge in [0.05, 0.1) is 32.6 Å². The predicted molar refractivity (Wildman–Crippen MR) is 141 cm³/mol. The van der Waals surface area contributed by atoms with Gasteiger partial charge in [0.2, 0.25) is 0 Å². The number of ether oxygens (including phenoxy) is 3.